The first kappa shape index (κ1) is 18.5. The number of methoxy groups -OCH3 is 1. The van der Waals surface area contributed by atoms with Gasteiger partial charge in [0, 0.05) is 33.8 Å². The number of carbonyl (C=O) groups is 2. The zero-order valence-corrected chi connectivity index (χ0v) is 16.1. The summed E-state index contributed by atoms with van der Waals surface area (Å²) in [6.07, 6.45) is 0. The number of hydrogen-bond donors (Lipinski definition) is 1. The second-order valence-corrected chi connectivity index (χ2v) is 6.65. The van der Waals surface area contributed by atoms with Gasteiger partial charge in [-0.3, -0.25) is 9.59 Å². The van der Waals surface area contributed by atoms with E-state index in [-0.39, 0.29) is 11.7 Å². The predicted molar refractivity (Wildman–Crippen MR) is 112 cm³/mol. The first-order valence-corrected chi connectivity index (χ1v) is 9.15. The molecule has 0 saturated carbocycles. The zero-order valence-electron chi connectivity index (χ0n) is 16.1. The molecule has 1 amide bonds. The average molecular weight is 385 g/mol. The van der Waals surface area contributed by atoms with Gasteiger partial charge < -0.3 is 14.5 Å². The largest absolute Gasteiger partial charge is 0.497 e. The molecule has 0 spiro atoms. The standard InChI is InChI=1S/C24H19NO4/c1-15-20-12-11-18(25-24(27)17-9-6-10-19(13-17)28-2)14-21(20)29-23(15)22(26)16-7-4-3-5-8-16/h3-14H,1-2H3,(H,25,27). The van der Waals surface area contributed by atoms with Crippen molar-refractivity contribution in [2.45, 2.75) is 6.92 Å². The number of rotatable bonds is 5. The number of anilines is 1. The SMILES string of the molecule is COc1cccc(C(=O)Nc2ccc3c(C)c(C(=O)c4ccccc4)oc3c2)c1. The van der Waals surface area contributed by atoms with Crippen LogP contribution in [0.2, 0.25) is 0 Å². The monoisotopic (exact) mass is 385 g/mol. The molecule has 0 bridgehead atoms. The Morgan fingerprint density at radius 2 is 1.66 bits per heavy atom. The summed E-state index contributed by atoms with van der Waals surface area (Å²) in [5.41, 5.74) is 2.96. The van der Waals surface area contributed by atoms with Gasteiger partial charge in [-0.2, -0.15) is 0 Å². The summed E-state index contributed by atoms with van der Waals surface area (Å²) in [5, 5.41) is 3.69. The van der Waals surface area contributed by atoms with E-state index in [2.05, 4.69) is 5.32 Å². The second-order valence-electron chi connectivity index (χ2n) is 6.65. The molecule has 0 aliphatic heterocycles. The van der Waals surface area contributed by atoms with E-state index in [0.29, 0.717) is 33.9 Å². The minimum Gasteiger partial charge on any atom is -0.497 e. The Labute approximate surface area is 167 Å². The van der Waals surface area contributed by atoms with Crippen LogP contribution in [-0.2, 0) is 0 Å². The number of amides is 1. The number of carbonyl (C=O) groups excluding carboxylic acids is 2. The van der Waals surface area contributed by atoms with Crippen LogP contribution in [0.15, 0.2) is 77.2 Å². The van der Waals surface area contributed by atoms with Crippen LogP contribution in [0.5, 0.6) is 5.75 Å². The quantitative estimate of drug-likeness (QED) is 0.478. The highest BCUT2D eigenvalue weighted by Gasteiger charge is 2.19. The minimum absolute atomic E-state index is 0.165. The molecule has 0 unspecified atom stereocenters. The summed E-state index contributed by atoms with van der Waals surface area (Å²) < 4.78 is 11.0. The van der Waals surface area contributed by atoms with Gasteiger partial charge in [0.25, 0.3) is 5.91 Å². The minimum atomic E-state index is -0.257. The van der Waals surface area contributed by atoms with Crippen molar-refractivity contribution < 1.29 is 18.7 Å². The van der Waals surface area contributed by atoms with Crippen LogP contribution in [0.4, 0.5) is 5.69 Å². The second kappa shape index (κ2) is 7.64. The van der Waals surface area contributed by atoms with Crippen molar-refractivity contribution in [1.29, 1.82) is 0 Å². The summed E-state index contributed by atoms with van der Waals surface area (Å²) in [7, 11) is 1.55. The highest BCUT2D eigenvalue weighted by atomic mass is 16.5. The molecule has 144 valence electrons. The Balaban J connectivity index is 1.63. The molecule has 0 radical (unpaired) electrons. The molecule has 1 heterocycles. The lowest BCUT2D eigenvalue weighted by atomic mass is 10.0. The maximum absolute atomic E-state index is 12.8. The first-order chi connectivity index (χ1) is 14.1. The van der Waals surface area contributed by atoms with E-state index in [0.717, 1.165) is 10.9 Å². The van der Waals surface area contributed by atoms with Crippen LogP contribution in [0.3, 0.4) is 0 Å². The Bertz CT molecular complexity index is 1210. The van der Waals surface area contributed by atoms with E-state index in [1.165, 1.54) is 0 Å². The van der Waals surface area contributed by atoms with Crippen LogP contribution in [0.25, 0.3) is 11.0 Å². The summed E-state index contributed by atoms with van der Waals surface area (Å²) in [6, 6.07) is 21.3. The Hall–Kier alpha value is -3.86. The molecular formula is C24H19NO4. The summed E-state index contributed by atoms with van der Waals surface area (Å²) in [5.74, 6) is 0.495. The zero-order chi connectivity index (χ0) is 20.4. The van der Waals surface area contributed by atoms with Crippen LogP contribution in [0.1, 0.15) is 32.0 Å². The Morgan fingerprint density at radius 1 is 0.897 bits per heavy atom. The molecule has 1 N–H and O–H groups in total. The highest BCUT2D eigenvalue weighted by molar-refractivity contribution is 6.11. The van der Waals surface area contributed by atoms with Crippen molar-refractivity contribution in [1.82, 2.24) is 0 Å². The molecule has 4 rings (SSSR count). The molecule has 0 saturated heterocycles. The van der Waals surface area contributed by atoms with Crippen molar-refractivity contribution in [3.63, 3.8) is 0 Å². The number of aryl methyl sites for hydroxylation is 1. The highest BCUT2D eigenvalue weighted by Crippen LogP contribution is 2.29. The number of ketones is 1. The van der Waals surface area contributed by atoms with E-state index in [1.54, 1.807) is 55.6 Å². The Morgan fingerprint density at radius 3 is 2.41 bits per heavy atom. The first-order valence-electron chi connectivity index (χ1n) is 9.15. The molecule has 5 nitrogen and oxygen atoms in total. The van der Waals surface area contributed by atoms with Crippen molar-refractivity contribution in [2.24, 2.45) is 0 Å². The van der Waals surface area contributed by atoms with Gasteiger partial charge in [-0.15, -0.1) is 0 Å². The fourth-order valence-electron chi connectivity index (χ4n) is 3.21. The molecule has 29 heavy (non-hydrogen) atoms. The van der Waals surface area contributed by atoms with Crippen molar-refractivity contribution >= 4 is 28.3 Å². The molecule has 0 aliphatic carbocycles. The number of hydrogen-bond acceptors (Lipinski definition) is 4. The Kier molecular flexibility index (Phi) is 4.87. The van der Waals surface area contributed by atoms with Gasteiger partial charge in [0.2, 0.25) is 5.78 Å². The topological polar surface area (TPSA) is 68.5 Å². The van der Waals surface area contributed by atoms with Gasteiger partial charge in [-0.1, -0.05) is 36.4 Å². The van der Waals surface area contributed by atoms with Crippen LogP contribution >= 0.6 is 0 Å². The van der Waals surface area contributed by atoms with Crippen LogP contribution < -0.4 is 10.1 Å². The van der Waals surface area contributed by atoms with Crippen LogP contribution in [-0.4, -0.2) is 18.8 Å². The van der Waals surface area contributed by atoms with Crippen molar-refractivity contribution in [2.75, 3.05) is 12.4 Å². The van der Waals surface area contributed by atoms with Crippen LogP contribution in [0, 0.1) is 6.92 Å². The van der Waals surface area contributed by atoms with Gasteiger partial charge in [0.15, 0.2) is 5.76 Å². The van der Waals surface area contributed by atoms with Gasteiger partial charge >= 0.3 is 0 Å². The lowest BCUT2D eigenvalue weighted by Gasteiger charge is -2.06. The smallest absolute Gasteiger partial charge is 0.255 e. The van der Waals surface area contributed by atoms with E-state index >= 15 is 0 Å². The normalized spacial score (nSPS) is 10.7. The van der Waals surface area contributed by atoms with Gasteiger partial charge in [0.1, 0.15) is 11.3 Å². The van der Waals surface area contributed by atoms with E-state index in [9.17, 15) is 9.59 Å². The summed E-state index contributed by atoms with van der Waals surface area (Å²) >= 11 is 0. The van der Waals surface area contributed by atoms with Crippen molar-refractivity contribution in [3.8, 4) is 5.75 Å². The third-order valence-electron chi connectivity index (χ3n) is 4.77. The number of benzene rings is 3. The fourth-order valence-corrected chi connectivity index (χ4v) is 3.21. The molecule has 0 fully saturated rings. The van der Waals surface area contributed by atoms with E-state index in [4.69, 9.17) is 9.15 Å². The molecule has 5 heteroatoms. The van der Waals surface area contributed by atoms with E-state index in [1.807, 2.05) is 31.2 Å². The lowest BCUT2D eigenvalue weighted by molar-refractivity contribution is 0.101. The molecule has 1 aromatic heterocycles. The number of fused-ring (bicyclic) bond motifs is 1. The third-order valence-corrected chi connectivity index (χ3v) is 4.77. The maximum Gasteiger partial charge on any atom is 0.255 e. The van der Waals surface area contributed by atoms with Crippen molar-refractivity contribution in [3.05, 3.63) is 95.2 Å². The number of nitrogens with one attached hydrogen (secondary N) is 1. The third kappa shape index (κ3) is 3.62. The summed E-state index contributed by atoms with van der Waals surface area (Å²) in [6.45, 7) is 1.86. The van der Waals surface area contributed by atoms with Gasteiger partial charge in [-0.25, -0.2) is 0 Å². The predicted octanol–water partition coefficient (Wildman–Crippen LogP) is 5.23. The summed E-state index contributed by atoms with van der Waals surface area (Å²) in [4.78, 5) is 25.3. The fraction of sp³-hybridized carbons (Fsp3) is 0.0833. The van der Waals surface area contributed by atoms with Gasteiger partial charge in [-0.05, 0) is 37.3 Å². The molecule has 3 aromatic carbocycles. The molecule has 0 atom stereocenters. The van der Waals surface area contributed by atoms with E-state index < -0.39 is 0 Å². The number of furan rings is 1. The lowest BCUT2D eigenvalue weighted by Crippen LogP contribution is -2.11. The number of ether oxygens (including phenoxy) is 1. The average Bonchev–Trinajstić information content (AvgIpc) is 3.09. The molecule has 4 aromatic rings. The molecule has 0 aliphatic rings. The maximum atomic E-state index is 12.8. The van der Waals surface area contributed by atoms with Gasteiger partial charge in [0.05, 0.1) is 7.11 Å². The molecular weight excluding hydrogens is 366 g/mol.